The average Bonchev–Trinajstić information content (AvgIpc) is 2.62. The third-order valence-corrected chi connectivity index (χ3v) is 13.0. The Hall–Kier alpha value is -0.333. The number of rotatable bonds is 10. The quantitative estimate of drug-likeness (QED) is 0.370. The van der Waals surface area contributed by atoms with E-state index in [-0.39, 0.29) is 17.6 Å². The fourth-order valence-electron chi connectivity index (χ4n) is 5.12. The van der Waals surface area contributed by atoms with Crippen LogP contribution < -0.4 is 0 Å². The monoisotopic (exact) mass is 429 g/mol. The summed E-state index contributed by atoms with van der Waals surface area (Å²) in [5.41, 5.74) is 0.553. The van der Waals surface area contributed by atoms with E-state index >= 15 is 0 Å². The second kappa shape index (κ2) is 10.6. The summed E-state index contributed by atoms with van der Waals surface area (Å²) in [6.45, 7) is 18.7. The second-order valence-electron chi connectivity index (χ2n) is 9.64. The van der Waals surface area contributed by atoms with Crippen LogP contribution in [0.15, 0.2) is 0 Å². The van der Waals surface area contributed by atoms with Gasteiger partial charge in [0, 0.05) is 38.3 Å². The minimum atomic E-state index is -2.20. The van der Waals surface area contributed by atoms with Gasteiger partial charge in [-0.25, -0.2) is 0 Å². The Morgan fingerprint density at radius 3 is 1.79 bits per heavy atom. The molecular weight excluding hydrogens is 386 g/mol. The predicted octanol–water partition coefficient (Wildman–Crippen LogP) is 5.47. The number of carbonyl (C=O) groups excluding carboxylic acids is 2. The largest absolute Gasteiger partial charge is 0.403 e. The molecule has 1 saturated heterocycles. The van der Waals surface area contributed by atoms with Crippen molar-refractivity contribution in [2.75, 3.05) is 18.8 Å². The van der Waals surface area contributed by atoms with Crippen molar-refractivity contribution in [1.82, 2.24) is 4.90 Å². The van der Waals surface area contributed by atoms with Gasteiger partial charge in [-0.05, 0) is 28.8 Å². The molecule has 0 N–H and O–H groups in total. The van der Waals surface area contributed by atoms with Gasteiger partial charge in [-0.1, -0.05) is 55.4 Å². The van der Waals surface area contributed by atoms with E-state index in [9.17, 15) is 9.59 Å². The summed E-state index contributed by atoms with van der Waals surface area (Å²) in [6.07, 6.45) is 2.59. The minimum absolute atomic E-state index is 0.0652. The van der Waals surface area contributed by atoms with Crippen LogP contribution in [0.25, 0.3) is 0 Å². The van der Waals surface area contributed by atoms with Crippen LogP contribution in [0, 0.1) is 5.92 Å². The SMILES string of the molecule is CC(C)C(=O)C1(O[Si](C(C)C)(C(C)C)C(C)C)CCN(C(=O)CCCS)CC1. The van der Waals surface area contributed by atoms with Gasteiger partial charge in [-0.15, -0.1) is 0 Å². The van der Waals surface area contributed by atoms with Gasteiger partial charge in [0.25, 0.3) is 0 Å². The van der Waals surface area contributed by atoms with Crippen molar-refractivity contribution in [3.8, 4) is 0 Å². The normalized spacial score (nSPS) is 17.8. The number of nitrogens with zero attached hydrogens (tertiary/aromatic N) is 1. The van der Waals surface area contributed by atoms with E-state index in [4.69, 9.17) is 4.43 Å². The zero-order chi connectivity index (χ0) is 21.7. The van der Waals surface area contributed by atoms with Gasteiger partial charge >= 0.3 is 0 Å². The van der Waals surface area contributed by atoms with Crippen molar-refractivity contribution < 1.29 is 14.0 Å². The molecule has 1 fully saturated rings. The molecule has 164 valence electrons. The topological polar surface area (TPSA) is 46.6 Å². The first-order chi connectivity index (χ1) is 12.9. The number of hydrogen-bond donors (Lipinski definition) is 1. The van der Waals surface area contributed by atoms with Crippen LogP contribution in [0.3, 0.4) is 0 Å². The fraction of sp³-hybridized carbons (Fsp3) is 0.909. The molecule has 0 saturated carbocycles. The smallest absolute Gasteiger partial charge is 0.222 e. The van der Waals surface area contributed by atoms with Crippen molar-refractivity contribution >= 4 is 32.6 Å². The molecule has 0 bridgehead atoms. The van der Waals surface area contributed by atoms with Gasteiger partial charge in [0.1, 0.15) is 5.60 Å². The molecule has 0 aromatic rings. The maximum Gasteiger partial charge on any atom is 0.222 e. The molecule has 1 aliphatic heterocycles. The van der Waals surface area contributed by atoms with Crippen molar-refractivity contribution in [3.05, 3.63) is 0 Å². The number of likely N-dealkylation sites (tertiary alicyclic amines) is 1. The van der Waals surface area contributed by atoms with Crippen molar-refractivity contribution in [2.45, 2.75) is 103 Å². The highest BCUT2D eigenvalue weighted by molar-refractivity contribution is 7.80. The van der Waals surface area contributed by atoms with E-state index < -0.39 is 13.9 Å². The third kappa shape index (κ3) is 5.42. The molecule has 4 nitrogen and oxygen atoms in total. The summed E-state index contributed by atoms with van der Waals surface area (Å²) in [6, 6.07) is 0. The fourth-order valence-corrected chi connectivity index (χ4v) is 11.0. The van der Waals surface area contributed by atoms with Crippen LogP contribution in [0.1, 0.15) is 81.1 Å². The zero-order valence-corrected chi connectivity index (χ0v) is 21.3. The van der Waals surface area contributed by atoms with Crippen molar-refractivity contribution in [3.63, 3.8) is 0 Å². The summed E-state index contributed by atoms with van der Waals surface area (Å²) in [4.78, 5) is 27.8. The van der Waals surface area contributed by atoms with Crippen molar-refractivity contribution in [2.24, 2.45) is 5.92 Å². The summed E-state index contributed by atoms with van der Waals surface area (Å²) in [7, 11) is -2.20. The molecule has 1 aliphatic rings. The van der Waals surface area contributed by atoms with Crippen LogP contribution in [0.5, 0.6) is 0 Å². The lowest BCUT2D eigenvalue weighted by atomic mass is 9.82. The molecule has 1 rings (SSSR count). The number of thiol groups is 1. The van der Waals surface area contributed by atoms with Crippen LogP contribution in [0.2, 0.25) is 16.6 Å². The Bertz CT molecular complexity index is 504. The molecule has 0 unspecified atom stereocenters. The molecule has 0 aromatic heterocycles. The molecule has 1 heterocycles. The molecule has 0 aromatic carbocycles. The van der Waals surface area contributed by atoms with Crippen molar-refractivity contribution in [1.29, 1.82) is 0 Å². The molecule has 1 amide bonds. The van der Waals surface area contributed by atoms with Crippen LogP contribution in [-0.2, 0) is 14.0 Å². The molecule has 28 heavy (non-hydrogen) atoms. The highest BCUT2D eigenvalue weighted by Crippen LogP contribution is 2.47. The van der Waals surface area contributed by atoms with Gasteiger partial charge in [0.05, 0.1) is 0 Å². The maximum atomic E-state index is 13.4. The lowest BCUT2D eigenvalue weighted by molar-refractivity contribution is -0.148. The van der Waals surface area contributed by atoms with E-state index in [0.29, 0.717) is 49.0 Å². The molecule has 0 spiro atoms. The Morgan fingerprint density at radius 2 is 1.43 bits per heavy atom. The zero-order valence-electron chi connectivity index (χ0n) is 19.4. The lowest BCUT2D eigenvalue weighted by Crippen LogP contribution is -2.61. The Kier molecular flexibility index (Phi) is 9.75. The van der Waals surface area contributed by atoms with E-state index in [1.165, 1.54) is 0 Å². The third-order valence-electron chi connectivity index (χ3n) is 6.53. The summed E-state index contributed by atoms with van der Waals surface area (Å²) in [5, 5.41) is 0. The number of hydrogen-bond acceptors (Lipinski definition) is 4. The van der Waals surface area contributed by atoms with Gasteiger partial charge in [-0.2, -0.15) is 12.6 Å². The van der Waals surface area contributed by atoms with Gasteiger partial charge in [0.15, 0.2) is 5.78 Å². The van der Waals surface area contributed by atoms with Crippen LogP contribution in [0.4, 0.5) is 0 Å². The molecular formula is C22H43NO3SSi. The van der Waals surface area contributed by atoms with E-state index in [1.54, 1.807) is 0 Å². The Morgan fingerprint density at radius 1 is 0.964 bits per heavy atom. The summed E-state index contributed by atoms with van der Waals surface area (Å²) < 4.78 is 7.12. The summed E-state index contributed by atoms with van der Waals surface area (Å²) >= 11 is 4.21. The molecule has 0 atom stereocenters. The summed E-state index contributed by atoms with van der Waals surface area (Å²) in [5.74, 6) is 1.06. The highest BCUT2D eigenvalue weighted by Gasteiger charge is 2.54. The highest BCUT2D eigenvalue weighted by atomic mass is 32.1. The second-order valence-corrected chi connectivity index (χ2v) is 15.5. The van der Waals surface area contributed by atoms with Gasteiger partial charge in [-0.3, -0.25) is 9.59 Å². The first kappa shape index (κ1) is 25.7. The number of ketones is 1. The van der Waals surface area contributed by atoms with E-state index in [0.717, 1.165) is 12.2 Å². The average molecular weight is 430 g/mol. The standard InChI is InChI=1S/C22H43NO3SSi/c1-16(2)21(25)22(26-28(17(3)4,18(5)6)19(7)8)11-13-23(14-12-22)20(24)10-9-15-27/h16-19,27H,9-15H2,1-8H3. The predicted molar refractivity (Wildman–Crippen MR) is 124 cm³/mol. The van der Waals surface area contributed by atoms with Crippen LogP contribution in [-0.4, -0.2) is 49.4 Å². The van der Waals surface area contributed by atoms with Gasteiger partial charge in [0.2, 0.25) is 14.2 Å². The molecule has 0 radical (unpaired) electrons. The first-order valence-electron chi connectivity index (χ1n) is 11.1. The lowest BCUT2D eigenvalue weighted by Gasteiger charge is -2.51. The Labute approximate surface area is 179 Å². The molecule has 0 aliphatic carbocycles. The van der Waals surface area contributed by atoms with E-state index in [1.807, 2.05) is 18.7 Å². The number of Topliss-reactive ketones (excluding diaryl/α,β-unsaturated/α-hetero) is 1. The van der Waals surface area contributed by atoms with E-state index in [2.05, 4.69) is 54.2 Å². The number of carbonyl (C=O) groups is 2. The van der Waals surface area contributed by atoms with Gasteiger partial charge < -0.3 is 9.33 Å². The minimum Gasteiger partial charge on any atom is -0.403 e. The van der Waals surface area contributed by atoms with Crippen LogP contribution >= 0.6 is 12.6 Å². The maximum absolute atomic E-state index is 13.4. The number of amides is 1. The Balaban J connectivity index is 3.18. The molecule has 6 heteroatoms. The number of piperidine rings is 1. The first-order valence-corrected chi connectivity index (χ1v) is 13.8.